The molecule has 0 saturated carbocycles. The van der Waals surface area contributed by atoms with Crippen LogP contribution in [0.5, 0.6) is 0 Å². The van der Waals surface area contributed by atoms with Crippen LogP contribution >= 0.6 is 15.9 Å². The summed E-state index contributed by atoms with van der Waals surface area (Å²) in [6, 6.07) is 0.807. The highest BCUT2D eigenvalue weighted by atomic mass is 79.9. The molecule has 0 spiro atoms. The number of halogens is 3. The molecule has 0 radical (unpaired) electrons. The van der Waals surface area contributed by atoms with Crippen molar-refractivity contribution in [1.82, 2.24) is 0 Å². The third-order valence-corrected chi connectivity index (χ3v) is 2.93. The van der Waals surface area contributed by atoms with Crippen molar-refractivity contribution < 1.29 is 13.6 Å². The molecule has 1 aromatic rings. The lowest BCUT2D eigenvalue weighted by molar-refractivity contribution is 0.0993. The van der Waals surface area contributed by atoms with Gasteiger partial charge in [0.2, 0.25) is 0 Å². The predicted molar refractivity (Wildman–Crippen MR) is 46.7 cm³/mol. The zero-order valence-electron chi connectivity index (χ0n) is 6.53. The fourth-order valence-corrected chi connectivity index (χ4v) is 2.11. The van der Waals surface area contributed by atoms with E-state index in [1.54, 1.807) is 0 Å². The number of benzene rings is 1. The Bertz CT molecular complexity index is 401. The maximum absolute atomic E-state index is 13.1. The van der Waals surface area contributed by atoms with Crippen LogP contribution in [0.15, 0.2) is 10.5 Å². The van der Waals surface area contributed by atoms with Gasteiger partial charge in [-0.1, -0.05) is 0 Å². The molecule has 0 amide bonds. The van der Waals surface area contributed by atoms with E-state index in [1.165, 1.54) is 0 Å². The number of carbonyl (C=O) groups is 1. The molecule has 68 valence electrons. The van der Waals surface area contributed by atoms with Gasteiger partial charge >= 0.3 is 0 Å². The third-order valence-electron chi connectivity index (χ3n) is 2.15. The molecule has 0 aliphatic heterocycles. The van der Waals surface area contributed by atoms with E-state index in [2.05, 4.69) is 15.9 Å². The molecule has 0 unspecified atom stereocenters. The van der Waals surface area contributed by atoms with Gasteiger partial charge in [-0.15, -0.1) is 0 Å². The van der Waals surface area contributed by atoms with E-state index in [0.717, 1.165) is 6.07 Å². The lowest BCUT2D eigenvalue weighted by atomic mass is 10.1. The average molecular weight is 247 g/mol. The Morgan fingerprint density at radius 2 is 1.92 bits per heavy atom. The molecule has 1 nitrogen and oxygen atoms in total. The second-order valence-electron chi connectivity index (χ2n) is 2.93. The zero-order chi connectivity index (χ0) is 9.59. The molecule has 0 heterocycles. The maximum Gasteiger partial charge on any atom is 0.164 e. The summed E-state index contributed by atoms with van der Waals surface area (Å²) in [5.74, 6) is -1.53. The van der Waals surface area contributed by atoms with Gasteiger partial charge in [-0.2, -0.15) is 0 Å². The Morgan fingerprint density at radius 3 is 2.62 bits per heavy atom. The molecular formula is C9H5BrF2O. The summed E-state index contributed by atoms with van der Waals surface area (Å²) >= 11 is 2.94. The minimum absolute atomic E-state index is 0.0893. The van der Waals surface area contributed by atoms with Crippen LogP contribution in [0.2, 0.25) is 0 Å². The van der Waals surface area contributed by atoms with Crippen LogP contribution in [0.4, 0.5) is 8.78 Å². The smallest absolute Gasteiger partial charge is 0.164 e. The second-order valence-corrected chi connectivity index (χ2v) is 3.72. The number of hydrogen-bond donors (Lipinski definition) is 0. The first-order chi connectivity index (χ1) is 6.11. The molecule has 0 saturated heterocycles. The predicted octanol–water partition coefficient (Wildman–Crippen LogP) is 2.86. The minimum Gasteiger partial charge on any atom is -0.294 e. The minimum atomic E-state index is -0.716. The summed E-state index contributed by atoms with van der Waals surface area (Å²) in [5, 5.41) is 0. The lowest BCUT2D eigenvalue weighted by Crippen LogP contribution is -1.98. The van der Waals surface area contributed by atoms with Gasteiger partial charge < -0.3 is 0 Å². The Labute approximate surface area is 81.9 Å². The largest absolute Gasteiger partial charge is 0.294 e. The molecule has 0 aromatic heterocycles. The van der Waals surface area contributed by atoms with E-state index >= 15 is 0 Å². The van der Waals surface area contributed by atoms with Gasteiger partial charge in [0.25, 0.3) is 0 Å². The normalized spacial score (nSPS) is 14.8. The van der Waals surface area contributed by atoms with Crippen molar-refractivity contribution in [1.29, 1.82) is 0 Å². The van der Waals surface area contributed by atoms with Gasteiger partial charge in [0, 0.05) is 23.6 Å². The fourth-order valence-electron chi connectivity index (χ4n) is 1.53. The molecular weight excluding hydrogens is 242 g/mol. The summed E-state index contributed by atoms with van der Waals surface area (Å²) in [5.41, 5.74) is 0.510. The van der Waals surface area contributed by atoms with E-state index in [-0.39, 0.29) is 22.2 Å². The van der Waals surface area contributed by atoms with Crippen LogP contribution in [0.25, 0.3) is 0 Å². The van der Waals surface area contributed by atoms with Crippen LogP contribution in [-0.4, -0.2) is 5.78 Å². The molecule has 1 aliphatic rings. The summed E-state index contributed by atoms with van der Waals surface area (Å²) < 4.78 is 26.2. The van der Waals surface area contributed by atoms with E-state index in [4.69, 9.17) is 0 Å². The van der Waals surface area contributed by atoms with E-state index in [9.17, 15) is 13.6 Å². The molecule has 0 N–H and O–H groups in total. The van der Waals surface area contributed by atoms with Crippen molar-refractivity contribution in [3.63, 3.8) is 0 Å². The van der Waals surface area contributed by atoms with Gasteiger partial charge in [-0.3, -0.25) is 4.79 Å². The first-order valence-electron chi connectivity index (χ1n) is 3.81. The van der Waals surface area contributed by atoms with Crippen LogP contribution in [0.3, 0.4) is 0 Å². The van der Waals surface area contributed by atoms with Crippen LogP contribution in [-0.2, 0) is 6.42 Å². The van der Waals surface area contributed by atoms with Gasteiger partial charge in [-0.05, 0) is 22.4 Å². The van der Waals surface area contributed by atoms with Crippen LogP contribution < -0.4 is 0 Å². The molecule has 13 heavy (non-hydrogen) atoms. The van der Waals surface area contributed by atoms with Crippen LogP contribution in [0.1, 0.15) is 22.3 Å². The number of hydrogen-bond acceptors (Lipinski definition) is 1. The zero-order valence-corrected chi connectivity index (χ0v) is 8.12. The third kappa shape index (κ3) is 1.20. The van der Waals surface area contributed by atoms with E-state index in [0.29, 0.717) is 12.0 Å². The number of carbonyl (C=O) groups excluding carboxylic acids is 1. The number of fused-ring (bicyclic) bond motifs is 1. The van der Waals surface area contributed by atoms with Crippen molar-refractivity contribution in [2.24, 2.45) is 0 Å². The first kappa shape index (κ1) is 8.81. The Kier molecular flexibility index (Phi) is 1.95. The topological polar surface area (TPSA) is 17.1 Å². The summed E-state index contributed by atoms with van der Waals surface area (Å²) in [4.78, 5) is 11.2. The first-order valence-corrected chi connectivity index (χ1v) is 4.60. The van der Waals surface area contributed by atoms with Gasteiger partial charge in [0.1, 0.15) is 11.6 Å². The van der Waals surface area contributed by atoms with E-state index in [1.807, 2.05) is 0 Å². The number of Topliss-reactive ketones (excluding diaryl/α,β-unsaturated/α-hetero) is 1. The second kappa shape index (κ2) is 2.87. The lowest BCUT2D eigenvalue weighted by Gasteiger charge is -2.03. The van der Waals surface area contributed by atoms with E-state index < -0.39 is 11.6 Å². The SMILES string of the molecule is O=C1CCc2c(F)cc(F)c(Br)c21. The molecule has 0 fully saturated rings. The van der Waals surface area contributed by atoms with Crippen molar-refractivity contribution in [2.45, 2.75) is 12.8 Å². The molecule has 0 atom stereocenters. The van der Waals surface area contributed by atoms with Crippen molar-refractivity contribution >= 4 is 21.7 Å². The highest BCUT2D eigenvalue weighted by Crippen LogP contribution is 2.32. The Hall–Kier alpha value is -0.770. The fraction of sp³-hybridized carbons (Fsp3) is 0.222. The standard InChI is InChI=1S/C9H5BrF2O/c10-9-6(12)3-5(11)4-1-2-7(13)8(4)9/h3H,1-2H2. The Morgan fingerprint density at radius 1 is 1.23 bits per heavy atom. The molecule has 1 aromatic carbocycles. The quantitative estimate of drug-likeness (QED) is 0.644. The molecule has 1 aliphatic carbocycles. The highest BCUT2D eigenvalue weighted by Gasteiger charge is 2.27. The molecule has 2 rings (SSSR count). The van der Waals surface area contributed by atoms with Crippen LogP contribution in [0, 0.1) is 11.6 Å². The monoisotopic (exact) mass is 246 g/mol. The van der Waals surface area contributed by atoms with Gasteiger partial charge in [0.15, 0.2) is 5.78 Å². The van der Waals surface area contributed by atoms with Crippen molar-refractivity contribution in [2.75, 3.05) is 0 Å². The number of rotatable bonds is 0. The molecule has 4 heteroatoms. The average Bonchev–Trinajstić information content (AvgIpc) is 2.44. The van der Waals surface area contributed by atoms with Crippen molar-refractivity contribution in [3.8, 4) is 0 Å². The van der Waals surface area contributed by atoms with Crippen molar-refractivity contribution in [3.05, 3.63) is 33.3 Å². The summed E-state index contributed by atoms with van der Waals surface area (Å²) in [7, 11) is 0. The molecule has 0 bridgehead atoms. The Balaban J connectivity index is 2.77. The van der Waals surface area contributed by atoms with Gasteiger partial charge in [0.05, 0.1) is 4.47 Å². The summed E-state index contributed by atoms with van der Waals surface area (Å²) in [6.07, 6.45) is 0.646. The summed E-state index contributed by atoms with van der Waals surface area (Å²) in [6.45, 7) is 0. The highest BCUT2D eigenvalue weighted by molar-refractivity contribution is 9.10. The maximum atomic E-state index is 13.1. The number of ketones is 1. The van der Waals surface area contributed by atoms with Gasteiger partial charge in [-0.25, -0.2) is 8.78 Å².